The number of carbonyl (C=O) groups is 1. The number of ether oxygens (including phenoxy) is 4. The third kappa shape index (κ3) is 5.85. The quantitative estimate of drug-likeness (QED) is 0.737. The maximum atomic E-state index is 12.3. The summed E-state index contributed by atoms with van der Waals surface area (Å²) in [6.07, 6.45) is 1.25. The van der Waals surface area contributed by atoms with E-state index < -0.39 is 0 Å². The first kappa shape index (κ1) is 19.9. The lowest BCUT2D eigenvalue weighted by molar-refractivity contribution is -0.0168. The molecule has 0 saturated carbocycles. The van der Waals surface area contributed by atoms with Crippen molar-refractivity contribution in [1.29, 1.82) is 0 Å². The summed E-state index contributed by atoms with van der Waals surface area (Å²) in [5, 5.41) is 2.84. The zero-order valence-corrected chi connectivity index (χ0v) is 16.4. The van der Waals surface area contributed by atoms with Gasteiger partial charge in [-0.2, -0.15) is 0 Å². The molecule has 7 nitrogen and oxygen atoms in total. The van der Waals surface area contributed by atoms with Gasteiger partial charge in [0.15, 0.2) is 11.5 Å². The second-order valence-electron chi connectivity index (χ2n) is 7.40. The van der Waals surface area contributed by atoms with E-state index in [1.807, 2.05) is 45.0 Å². The monoisotopic (exact) mass is 386 g/mol. The van der Waals surface area contributed by atoms with Crippen LogP contribution in [0.5, 0.6) is 17.4 Å². The normalized spacial score (nSPS) is 15.8. The van der Waals surface area contributed by atoms with Crippen molar-refractivity contribution in [2.45, 2.75) is 32.5 Å². The minimum atomic E-state index is -0.239. The molecule has 1 amide bonds. The van der Waals surface area contributed by atoms with E-state index in [4.69, 9.17) is 18.9 Å². The molecule has 1 aliphatic rings. The first-order chi connectivity index (χ1) is 13.4. The number of nitrogens with one attached hydrogen (secondary N) is 1. The SMILES string of the molecule is CC(C)(C)OCCOc1ccc(C(=O)NCC2COc3ccccc3O2)cn1. The van der Waals surface area contributed by atoms with Crippen LogP contribution in [0.1, 0.15) is 31.1 Å². The van der Waals surface area contributed by atoms with Crippen molar-refractivity contribution in [3.8, 4) is 17.4 Å². The highest BCUT2D eigenvalue weighted by Gasteiger charge is 2.21. The molecule has 0 bridgehead atoms. The molecule has 0 fully saturated rings. The number of hydrogen-bond acceptors (Lipinski definition) is 6. The minimum Gasteiger partial charge on any atom is -0.486 e. The van der Waals surface area contributed by atoms with E-state index in [1.165, 1.54) is 6.20 Å². The Bertz CT molecular complexity index is 786. The Morgan fingerprint density at radius 1 is 1.18 bits per heavy atom. The smallest absolute Gasteiger partial charge is 0.252 e. The summed E-state index contributed by atoms with van der Waals surface area (Å²) in [7, 11) is 0. The Labute approximate surface area is 165 Å². The molecular weight excluding hydrogens is 360 g/mol. The third-order valence-corrected chi connectivity index (χ3v) is 3.92. The molecule has 0 saturated heterocycles. The average Bonchev–Trinajstić information content (AvgIpc) is 2.69. The Kier molecular flexibility index (Phi) is 6.36. The van der Waals surface area contributed by atoms with Crippen LogP contribution in [0.4, 0.5) is 0 Å². The van der Waals surface area contributed by atoms with E-state index >= 15 is 0 Å². The fraction of sp³-hybridized carbons (Fsp3) is 0.429. The van der Waals surface area contributed by atoms with Crippen LogP contribution < -0.4 is 19.5 Å². The van der Waals surface area contributed by atoms with Crippen molar-refractivity contribution in [3.63, 3.8) is 0 Å². The summed E-state index contributed by atoms with van der Waals surface area (Å²) in [6.45, 7) is 7.57. The van der Waals surface area contributed by atoms with E-state index in [-0.39, 0.29) is 17.6 Å². The van der Waals surface area contributed by atoms with Gasteiger partial charge >= 0.3 is 0 Å². The molecular formula is C21H26N2O5. The van der Waals surface area contributed by atoms with Gasteiger partial charge in [0.25, 0.3) is 5.91 Å². The predicted molar refractivity (Wildman–Crippen MR) is 104 cm³/mol. The Balaban J connectivity index is 1.42. The highest BCUT2D eigenvalue weighted by Crippen LogP contribution is 2.30. The van der Waals surface area contributed by atoms with E-state index in [9.17, 15) is 4.79 Å². The van der Waals surface area contributed by atoms with Gasteiger partial charge in [0.1, 0.15) is 19.3 Å². The number of para-hydroxylation sites is 2. The third-order valence-electron chi connectivity index (χ3n) is 3.92. The van der Waals surface area contributed by atoms with Gasteiger partial charge in [-0.3, -0.25) is 4.79 Å². The van der Waals surface area contributed by atoms with Crippen LogP contribution in [0.15, 0.2) is 42.6 Å². The van der Waals surface area contributed by atoms with Crippen LogP contribution in [-0.4, -0.2) is 49.0 Å². The number of amides is 1. The highest BCUT2D eigenvalue weighted by molar-refractivity contribution is 5.93. The zero-order valence-electron chi connectivity index (χ0n) is 16.4. The summed E-state index contributed by atoms with van der Waals surface area (Å²) in [5.41, 5.74) is 0.254. The molecule has 3 rings (SSSR count). The molecule has 1 aliphatic heterocycles. The van der Waals surface area contributed by atoms with Crippen LogP contribution in [0, 0.1) is 0 Å². The van der Waals surface area contributed by atoms with E-state index in [2.05, 4.69) is 10.3 Å². The van der Waals surface area contributed by atoms with Gasteiger partial charge in [-0.1, -0.05) is 12.1 Å². The van der Waals surface area contributed by atoms with Crippen molar-refractivity contribution < 1.29 is 23.7 Å². The lowest BCUT2D eigenvalue weighted by Crippen LogP contribution is -2.40. The van der Waals surface area contributed by atoms with Crippen molar-refractivity contribution in [2.24, 2.45) is 0 Å². The van der Waals surface area contributed by atoms with Crippen LogP contribution in [0.3, 0.4) is 0 Å². The molecule has 0 spiro atoms. The van der Waals surface area contributed by atoms with Crippen molar-refractivity contribution in [3.05, 3.63) is 48.2 Å². The highest BCUT2D eigenvalue weighted by atomic mass is 16.6. The van der Waals surface area contributed by atoms with Crippen LogP contribution in [-0.2, 0) is 4.74 Å². The molecule has 28 heavy (non-hydrogen) atoms. The van der Waals surface area contributed by atoms with Crippen LogP contribution in [0.2, 0.25) is 0 Å². The molecule has 0 aliphatic carbocycles. The first-order valence-electron chi connectivity index (χ1n) is 9.30. The Morgan fingerprint density at radius 3 is 2.68 bits per heavy atom. The lowest BCUT2D eigenvalue weighted by atomic mass is 10.2. The minimum absolute atomic E-state index is 0.200. The van der Waals surface area contributed by atoms with E-state index in [1.54, 1.807) is 12.1 Å². The molecule has 1 N–H and O–H groups in total. The molecule has 7 heteroatoms. The second kappa shape index (κ2) is 8.93. The van der Waals surface area contributed by atoms with Crippen molar-refractivity contribution >= 4 is 5.91 Å². The molecule has 2 aromatic rings. The molecule has 1 aromatic heterocycles. The predicted octanol–water partition coefficient (Wildman–Crippen LogP) is 2.85. The van der Waals surface area contributed by atoms with Gasteiger partial charge in [0.05, 0.1) is 24.3 Å². The second-order valence-corrected chi connectivity index (χ2v) is 7.40. The molecule has 2 heterocycles. The fourth-order valence-electron chi connectivity index (χ4n) is 2.57. The number of fused-ring (bicyclic) bond motifs is 1. The number of carbonyl (C=O) groups excluding carboxylic acids is 1. The van der Waals surface area contributed by atoms with Crippen molar-refractivity contribution in [2.75, 3.05) is 26.4 Å². The molecule has 1 unspecified atom stereocenters. The Hall–Kier alpha value is -2.80. The maximum absolute atomic E-state index is 12.3. The van der Waals surface area contributed by atoms with Gasteiger partial charge in [-0.15, -0.1) is 0 Å². The summed E-state index contributed by atoms with van der Waals surface area (Å²) in [6, 6.07) is 10.8. The summed E-state index contributed by atoms with van der Waals surface area (Å²) in [5.74, 6) is 1.64. The van der Waals surface area contributed by atoms with E-state index in [0.29, 0.717) is 43.6 Å². The van der Waals surface area contributed by atoms with Gasteiger partial charge in [-0.25, -0.2) is 4.98 Å². The number of hydrogen-bond donors (Lipinski definition) is 1. The maximum Gasteiger partial charge on any atom is 0.252 e. The number of aromatic nitrogens is 1. The number of pyridine rings is 1. The average molecular weight is 386 g/mol. The van der Waals surface area contributed by atoms with Gasteiger partial charge in [0, 0.05) is 12.3 Å². The summed E-state index contributed by atoms with van der Waals surface area (Å²) in [4.78, 5) is 16.5. The van der Waals surface area contributed by atoms with Gasteiger partial charge in [0.2, 0.25) is 5.88 Å². The van der Waals surface area contributed by atoms with Crippen LogP contribution in [0.25, 0.3) is 0 Å². The fourth-order valence-corrected chi connectivity index (χ4v) is 2.57. The standard InChI is InChI=1S/C21H26N2O5/c1-21(2,3)27-11-10-25-19-9-8-15(12-22-19)20(24)23-13-16-14-26-17-6-4-5-7-18(17)28-16/h4-9,12,16H,10-11,13-14H2,1-3H3,(H,23,24). The number of rotatable bonds is 7. The lowest BCUT2D eigenvalue weighted by Gasteiger charge is -2.26. The van der Waals surface area contributed by atoms with E-state index in [0.717, 1.165) is 5.75 Å². The van der Waals surface area contributed by atoms with Crippen molar-refractivity contribution in [1.82, 2.24) is 10.3 Å². The topological polar surface area (TPSA) is 78.9 Å². The molecule has 1 atom stereocenters. The zero-order chi connectivity index (χ0) is 20.0. The molecule has 150 valence electrons. The number of nitrogens with zero attached hydrogens (tertiary/aromatic N) is 1. The Morgan fingerprint density at radius 2 is 1.96 bits per heavy atom. The van der Waals surface area contributed by atoms with Gasteiger partial charge in [-0.05, 0) is 39.0 Å². The first-order valence-corrected chi connectivity index (χ1v) is 9.30. The largest absolute Gasteiger partial charge is 0.486 e. The van der Waals surface area contributed by atoms with Crippen LogP contribution >= 0.6 is 0 Å². The summed E-state index contributed by atoms with van der Waals surface area (Å²) < 4.78 is 22.6. The molecule has 0 radical (unpaired) electrons. The summed E-state index contributed by atoms with van der Waals surface area (Å²) >= 11 is 0. The molecule has 1 aromatic carbocycles. The number of benzene rings is 1. The van der Waals surface area contributed by atoms with Gasteiger partial charge < -0.3 is 24.3 Å².